The third-order valence-electron chi connectivity index (χ3n) is 3.72. The highest BCUT2D eigenvalue weighted by Gasteiger charge is 2.39. The highest BCUT2D eigenvalue weighted by Crippen LogP contribution is 2.45. The third-order valence-corrected chi connectivity index (χ3v) is 5.09. The molecule has 0 N–H and O–H groups in total. The predicted octanol–water partition coefficient (Wildman–Crippen LogP) is 2.14. The second-order valence-electron chi connectivity index (χ2n) is 5.44. The average Bonchev–Trinajstić information content (AvgIpc) is 2.80. The van der Waals surface area contributed by atoms with Gasteiger partial charge in [-0.15, -0.1) is 11.8 Å². The standard InChI is InChI=1S/C16H22N2O3S/c1-11-15(20)18(10-9-14(19)17(2)3)16(22-11)12-7-5-6-8-13(12)21-4/h5-8,11,16H,9-10H2,1-4H3. The van der Waals surface area contributed by atoms with Crippen LogP contribution < -0.4 is 4.74 Å². The van der Waals surface area contributed by atoms with E-state index in [9.17, 15) is 9.59 Å². The van der Waals surface area contributed by atoms with Crippen LogP contribution in [0.2, 0.25) is 0 Å². The molecule has 1 saturated heterocycles. The molecule has 1 aliphatic heterocycles. The van der Waals surface area contributed by atoms with Crippen molar-refractivity contribution >= 4 is 23.6 Å². The number of amides is 2. The summed E-state index contributed by atoms with van der Waals surface area (Å²) >= 11 is 1.60. The van der Waals surface area contributed by atoms with E-state index in [1.165, 1.54) is 0 Å². The van der Waals surface area contributed by atoms with Crippen LogP contribution in [-0.4, -0.2) is 54.6 Å². The molecule has 5 nitrogen and oxygen atoms in total. The molecule has 2 atom stereocenters. The van der Waals surface area contributed by atoms with Crippen LogP contribution in [0.3, 0.4) is 0 Å². The zero-order valence-electron chi connectivity index (χ0n) is 13.4. The first-order valence-corrected chi connectivity index (χ1v) is 8.19. The van der Waals surface area contributed by atoms with E-state index in [1.54, 1.807) is 42.8 Å². The van der Waals surface area contributed by atoms with E-state index in [1.807, 2.05) is 31.2 Å². The number of hydrogen-bond donors (Lipinski definition) is 0. The van der Waals surface area contributed by atoms with Crippen LogP contribution in [0.15, 0.2) is 24.3 Å². The number of nitrogens with zero attached hydrogens (tertiary/aromatic N) is 2. The molecule has 120 valence electrons. The summed E-state index contributed by atoms with van der Waals surface area (Å²) in [6.07, 6.45) is 0.331. The lowest BCUT2D eigenvalue weighted by atomic mass is 10.1. The second-order valence-corrected chi connectivity index (χ2v) is 6.87. The Morgan fingerprint density at radius 3 is 2.68 bits per heavy atom. The fourth-order valence-electron chi connectivity index (χ4n) is 2.45. The van der Waals surface area contributed by atoms with Gasteiger partial charge in [0.15, 0.2) is 0 Å². The number of carbonyl (C=O) groups excluding carboxylic acids is 2. The van der Waals surface area contributed by atoms with E-state index in [2.05, 4.69) is 0 Å². The van der Waals surface area contributed by atoms with Crippen molar-refractivity contribution in [3.05, 3.63) is 29.8 Å². The van der Waals surface area contributed by atoms with Crippen LogP contribution in [0.4, 0.5) is 0 Å². The van der Waals surface area contributed by atoms with Crippen molar-refractivity contribution in [1.82, 2.24) is 9.80 Å². The van der Waals surface area contributed by atoms with Crippen LogP contribution in [0.5, 0.6) is 5.75 Å². The molecular weight excluding hydrogens is 300 g/mol. The number of benzene rings is 1. The molecule has 1 aliphatic rings. The third kappa shape index (κ3) is 3.38. The van der Waals surface area contributed by atoms with Gasteiger partial charge in [0.2, 0.25) is 11.8 Å². The Kier molecular flexibility index (Phi) is 5.34. The Morgan fingerprint density at radius 1 is 1.36 bits per heavy atom. The lowest BCUT2D eigenvalue weighted by Crippen LogP contribution is -2.34. The maximum atomic E-state index is 12.4. The Bertz CT molecular complexity index is 562. The van der Waals surface area contributed by atoms with E-state index in [-0.39, 0.29) is 22.4 Å². The molecule has 1 aromatic rings. The molecule has 6 heteroatoms. The van der Waals surface area contributed by atoms with E-state index < -0.39 is 0 Å². The van der Waals surface area contributed by atoms with Crippen LogP contribution >= 0.6 is 11.8 Å². The number of hydrogen-bond acceptors (Lipinski definition) is 4. The Hall–Kier alpha value is -1.69. The molecule has 1 aromatic carbocycles. The molecule has 0 saturated carbocycles. The summed E-state index contributed by atoms with van der Waals surface area (Å²) in [5.41, 5.74) is 0.977. The van der Waals surface area contributed by atoms with Crippen LogP contribution in [0.25, 0.3) is 0 Å². The predicted molar refractivity (Wildman–Crippen MR) is 87.8 cm³/mol. The van der Waals surface area contributed by atoms with Gasteiger partial charge >= 0.3 is 0 Å². The quantitative estimate of drug-likeness (QED) is 0.833. The van der Waals surface area contributed by atoms with Gasteiger partial charge in [0, 0.05) is 32.6 Å². The summed E-state index contributed by atoms with van der Waals surface area (Å²) in [6, 6.07) is 7.72. The zero-order valence-corrected chi connectivity index (χ0v) is 14.2. The largest absolute Gasteiger partial charge is 0.496 e. The summed E-state index contributed by atoms with van der Waals surface area (Å²) in [7, 11) is 5.08. The lowest BCUT2D eigenvalue weighted by molar-refractivity contribution is -0.132. The number of carbonyl (C=O) groups is 2. The van der Waals surface area contributed by atoms with Crippen LogP contribution in [0.1, 0.15) is 24.3 Å². The minimum Gasteiger partial charge on any atom is -0.496 e. The topological polar surface area (TPSA) is 49.9 Å². The molecule has 22 heavy (non-hydrogen) atoms. The van der Waals surface area contributed by atoms with Crippen molar-refractivity contribution < 1.29 is 14.3 Å². The SMILES string of the molecule is COc1ccccc1C1SC(C)C(=O)N1CCC(=O)N(C)C. The number of thioether (sulfide) groups is 1. The minimum atomic E-state index is -0.107. The van der Waals surface area contributed by atoms with Gasteiger partial charge in [-0.2, -0.15) is 0 Å². The van der Waals surface area contributed by atoms with E-state index >= 15 is 0 Å². The molecule has 0 aliphatic carbocycles. The van der Waals surface area contributed by atoms with E-state index in [4.69, 9.17) is 4.74 Å². The number of rotatable bonds is 5. The molecule has 2 amide bonds. The molecule has 1 fully saturated rings. The maximum absolute atomic E-state index is 12.4. The molecule has 2 rings (SSSR count). The molecule has 0 radical (unpaired) electrons. The number of ether oxygens (including phenoxy) is 1. The fourth-order valence-corrected chi connectivity index (χ4v) is 3.79. The van der Waals surface area contributed by atoms with Crippen LogP contribution in [-0.2, 0) is 9.59 Å². The molecule has 0 spiro atoms. The van der Waals surface area contributed by atoms with Crippen molar-refractivity contribution in [2.45, 2.75) is 24.0 Å². The summed E-state index contributed by atoms with van der Waals surface area (Å²) < 4.78 is 5.41. The minimum absolute atomic E-state index is 0.0242. The summed E-state index contributed by atoms with van der Waals surface area (Å²) in [6.45, 7) is 2.33. The van der Waals surface area contributed by atoms with Gasteiger partial charge in [-0.1, -0.05) is 18.2 Å². The normalized spacial score (nSPS) is 21.1. The van der Waals surface area contributed by atoms with E-state index in [0.717, 1.165) is 11.3 Å². The van der Waals surface area contributed by atoms with Crippen LogP contribution in [0, 0.1) is 0 Å². The average molecular weight is 322 g/mol. The monoisotopic (exact) mass is 322 g/mol. The first-order chi connectivity index (χ1) is 10.5. The van der Waals surface area contributed by atoms with Gasteiger partial charge in [-0.25, -0.2) is 0 Å². The Labute approximate surface area is 135 Å². The molecule has 1 heterocycles. The lowest BCUT2D eigenvalue weighted by Gasteiger charge is -2.25. The van der Waals surface area contributed by atoms with Crippen molar-refractivity contribution in [3.8, 4) is 5.75 Å². The second kappa shape index (κ2) is 7.05. The van der Waals surface area contributed by atoms with Gasteiger partial charge in [-0.05, 0) is 13.0 Å². The van der Waals surface area contributed by atoms with Gasteiger partial charge < -0.3 is 14.5 Å². The Morgan fingerprint density at radius 2 is 2.05 bits per heavy atom. The maximum Gasteiger partial charge on any atom is 0.236 e. The van der Waals surface area contributed by atoms with Crippen molar-refractivity contribution in [3.63, 3.8) is 0 Å². The number of para-hydroxylation sites is 1. The summed E-state index contributed by atoms with van der Waals surface area (Å²) in [5, 5.41) is -0.210. The first kappa shape index (κ1) is 16.7. The molecule has 2 unspecified atom stereocenters. The highest BCUT2D eigenvalue weighted by molar-refractivity contribution is 8.01. The van der Waals surface area contributed by atoms with E-state index in [0.29, 0.717) is 13.0 Å². The Balaban J connectivity index is 2.21. The highest BCUT2D eigenvalue weighted by atomic mass is 32.2. The first-order valence-electron chi connectivity index (χ1n) is 7.24. The van der Waals surface area contributed by atoms with Gasteiger partial charge in [0.25, 0.3) is 0 Å². The van der Waals surface area contributed by atoms with Crippen molar-refractivity contribution in [2.24, 2.45) is 0 Å². The summed E-state index contributed by atoms with van der Waals surface area (Å²) in [5.74, 6) is 0.870. The fraction of sp³-hybridized carbons (Fsp3) is 0.500. The van der Waals surface area contributed by atoms with Crippen molar-refractivity contribution in [2.75, 3.05) is 27.7 Å². The molecule has 0 aromatic heterocycles. The number of methoxy groups -OCH3 is 1. The summed E-state index contributed by atoms with van der Waals surface area (Å²) in [4.78, 5) is 27.6. The van der Waals surface area contributed by atoms with Crippen molar-refractivity contribution in [1.29, 1.82) is 0 Å². The van der Waals surface area contributed by atoms with Gasteiger partial charge in [0.1, 0.15) is 11.1 Å². The molecule has 0 bridgehead atoms. The van der Waals surface area contributed by atoms with Gasteiger partial charge in [0.05, 0.1) is 12.4 Å². The van der Waals surface area contributed by atoms with Gasteiger partial charge in [-0.3, -0.25) is 9.59 Å². The molecular formula is C16H22N2O3S. The zero-order chi connectivity index (χ0) is 16.3. The smallest absolute Gasteiger partial charge is 0.236 e.